The SMILES string of the molecule is CC(C)C[C@H](N[C@@H](CCNC(=O)c1ccc(Cl)c(Cl)c1)C(=O)O)C(=O)O. The van der Waals surface area contributed by atoms with Crippen molar-refractivity contribution in [1.29, 1.82) is 0 Å². The van der Waals surface area contributed by atoms with Crippen molar-refractivity contribution in [3.63, 3.8) is 0 Å². The third-order valence-corrected chi connectivity index (χ3v) is 4.35. The Morgan fingerprint density at radius 3 is 2.15 bits per heavy atom. The van der Waals surface area contributed by atoms with Crippen molar-refractivity contribution in [3.8, 4) is 0 Å². The number of hydrogen-bond acceptors (Lipinski definition) is 4. The monoisotopic (exact) mass is 404 g/mol. The average Bonchev–Trinajstić information content (AvgIpc) is 2.54. The van der Waals surface area contributed by atoms with Gasteiger partial charge in [-0.15, -0.1) is 0 Å². The molecule has 1 aromatic rings. The first kappa shape index (κ1) is 22.2. The fourth-order valence-electron chi connectivity index (χ4n) is 2.30. The van der Waals surface area contributed by atoms with Crippen molar-refractivity contribution in [3.05, 3.63) is 33.8 Å². The molecule has 26 heavy (non-hydrogen) atoms. The Labute approximate surface area is 161 Å². The largest absolute Gasteiger partial charge is 0.480 e. The molecule has 1 amide bonds. The molecule has 0 radical (unpaired) electrons. The molecule has 0 heterocycles. The molecule has 0 aromatic heterocycles. The van der Waals surface area contributed by atoms with Crippen LogP contribution in [0.1, 0.15) is 37.0 Å². The summed E-state index contributed by atoms with van der Waals surface area (Å²) in [4.78, 5) is 34.7. The molecular weight excluding hydrogens is 383 g/mol. The van der Waals surface area contributed by atoms with E-state index < -0.39 is 29.9 Å². The molecule has 0 saturated carbocycles. The number of aliphatic carboxylic acids is 2. The fraction of sp³-hybridized carbons (Fsp3) is 0.471. The molecule has 7 nitrogen and oxygen atoms in total. The molecule has 0 aliphatic heterocycles. The molecule has 4 N–H and O–H groups in total. The Morgan fingerprint density at radius 1 is 1.04 bits per heavy atom. The summed E-state index contributed by atoms with van der Waals surface area (Å²) < 4.78 is 0. The normalized spacial score (nSPS) is 13.3. The van der Waals surface area contributed by atoms with E-state index in [1.807, 2.05) is 13.8 Å². The number of rotatable bonds is 10. The van der Waals surface area contributed by atoms with Gasteiger partial charge in [-0.1, -0.05) is 37.0 Å². The summed E-state index contributed by atoms with van der Waals surface area (Å²) in [5.74, 6) is -2.62. The maximum Gasteiger partial charge on any atom is 0.320 e. The molecule has 1 rings (SSSR count). The Balaban J connectivity index is 2.62. The van der Waals surface area contributed by atoms with Gasteiger partial charge in [0.05, 0.1) is 10.0 Å². The van der Waals surface area contributed by atoms with Crippen molar-refractivity contribution in [1.82, 2.24) is 10.6 Å². The van der Waals surface area contributed by atoms with E-state index in [0.717, 1.165) is 0 Å². The van der Waals surface area contributed by atoms with Gasteiger partial charge in [-0.3, -0.25) is 19.7 Å². The van der Waals surface area contributed by atoms with Crippen LogP contribution in [0.25, 0.3) is 0 Å². The summed E-state index contributed by atoms with van der Waals surface area (Å²) in [6, 6.07) is 2.34. The lowest BCUT2D eigenvalue weighted by molar-refractivity contribution is -0.143. The number of carboxylic acids is 2. The topological polar surface area (TPSA) is 116 Å². The standard InChI is InChI=1S/C17H22Cl2N2O5/c1-9(2)7-14(17(25)26)21-13(16(23)24)5-6-20-15(22)10-3-4-11(18)12(19)8-10/h3-4,8-9,13-14,21H,5-7H2,1-2H3,(H,20,22)(H,23,24)(H,25,26)/t13-,14-/m0/s1. The molecule has 144 valence electrons. The van der Waals surface area contributed by atoms with Crippen LogP contribution in [0.2, 0.25) is 10.0 Å². The van der Waals surface area contributed by atoms with E-state index in [-0.39, 0.29) is 23.9 Å². The minimum Gasteiger partial charge on any atom is -0.480 e. The number of hydrogen-bond donors (Lipinski definition) is 4. The van der Waals surface area contributed by atoms with Crippen LogP contribution in [-0.2, 0) is 9.59 Å². The van der Waals surface area contributed by atoms with E-state index in [1.54, 1.807) is 0 Å². The molecule has 0 fully saturated rings. The van der Waals surface area contributed by atoms with E-state index in [1.165, 1.54) is 18.2 Å². The van der Waals surface area contributed by atoms with E-state index in [2.05, 4.69) is 10.6 Å². The maximum atomic E-state index is 12.1. The summed E-state index contributed by atoms with van der Waals surface area (Å²) in [7, 11) is 0. The van der Waals surface area contributed by atoms with Gasteiger partial charge in [0, 0.05) is 12.1 Å². The van der Waals surface area contributed by atoms with Crippen LogP contribution in [0.4, 0.5) is 0 Å². The quantitative estimate of drug-likeness (QED) is 0.476. The number of carbonyl (C=O) groups is 3. The highest BCUT2D eigenvalue weighted by Gasteiger charge is 2.26. The van der Waals surface area contributed by atoms with E-state index in [9.17, 15) is 24.6 Å². The Hall–Kier alpha value is -1.83. The number of halogens is 2. The zero-order valence-corrected chi connectivity index (χ0v) is 16.0. The second-order valence-electron chi connectivity index (χ2n) is 6.25. The molecule has 1 aromatic carbocycles. The lowest BCUT2D eigenvalue weighted by Crippen LogP contribution is -2.49. The highest BCUT2D eigenvalue weighted by Crippen LogP contribution is 2.22. The number of nitrogens with one attached hydrogen (secondary N) is 2. The van der Waals surface area contributed by atoms with Crippen LogP contribution in [0.3, 0.4) is 0 Å². The summed E-state index contributed by atoms with van der Waals surface area (Å²) in [6.45, 7) is 3.76. The predicted molar refractivity (Wildman–Crippen MR) is 98.9 cm³/mol. The lowest BCUT2D eigenvalue weighted by atomic mass is 10.0. The van der Waals surface area contributed by atoms with Crippen molar-refractivity contribution >= 4 is 41.0 Å². The summed E-state index contributed by atoms with van der Waals surface area (Å²) in [6.07, 6.45) is 0.332. The molecule has 9 heteroatoms. The van der Waals surface area contributed by atoms with Crippen LogP contribution in [0.15, 0.2) is 18.2 Å². The summed E-state index contributed by atoms with van der Waals surface area (Å²) in [5, 5.41) is 24.3. The second kappa shape index (κ2) is 10.4. The highest BCUT2D eigenvalue weighted by atomic mass is 35.5. The van der Waals surface area contributed by atoms with Gasteiger partial charge in [0.25, 0.3) is 5.91 Å². The van der Waals surface area contributed by atoms with Gasteiger partial charge < -0.3 is 15.5 Å². The molecule has 0 spiro atoms. The smallest absolute Gasteiger partial charge is 0.320 e. The van der Waals surface area contributed by atoms with Gasteiger partial charge in [-0.05, 0) is 37.0 Å². The van der Waals surface area contributed by atoms with Crippen molar-refractivity contribution < 1.29 is 24.6 Å². The van der Waals surface area contributed by atoms with E-state index in [4.69, 9.17) is 23.2 Å². The number of carboxylic acid groups (broad SMARTS) is 2. The second-order valence-corrected chi connectivity index (χ2v) is 7.07. The van der Waals surface area contributed by atoms with Gasteiger partial charge in [-0.25, -0.2) is 0 Å². The Morgan fingerprint density at radius 2 is 1.65 bits per heavy atom. The molecule has 0 aliphatic carbocycles. The fourth-order valence-corrected chi connectivity index (χ4v) is 2.60. The number of benzene rings is 1. The zero-order chi connectivity index (χ0) is 19.9. The summed E-state index contributed by atoms with van der Waals surface area (Å²) >= 11 is 11.6. The van der Waals surface area contributed by atoms with Gasteiger partial charge in [0.1, 0.15) is 12.1 Å². The Bertz CT molecular complexity index is 667. The molecule has 0 aliphatic rings. The predicted octanol–water partition coefficient (Wildman–Crippen LogP) is 2.66. The van der Waals surface area contributed by atoms with Gasteiger partial charge in [0.2, 0.25) is 0 Å². The number of carbonyl (C=O) groups excluding carboxylic acids is 1. The van der Waals surface area contributed by atoms with Crippen molar-refractivity contribution in [2.75, 3.05) is 6.54 Å². The van der Waals surface area contributed by atoms with Gasteiger partial charge >= 0.3 is 11.9 Å². The summed E-state index contributed by atoms with van der Waals surface area (Å²) in [5.41, 5.74) is 0.294. The molecule has 0 saturated heterocycles. The zero-order valence-electron chi connectivity index (χ0n) is 14.5. The number of amides is 1. The molecule has 2 atom stereocenters. The first-order chi connectivity index (χ1) is 12.1. The van der Waals surface area contributed by atoms with Crippen LogP contribution in [0.5, 0.6) is 0 Å². The van der Waals surface area contributed by atoms with Crippen LogP contribution >= 0.6 is 23.2 Å². The van der Waals surface area contributed by atoms with Crippen LogP contribution < -0.4 is 10.6 Å². The highest BCUT2D eigenvalue weighted by molar-refractivity contribution is 6.42. The first-order valence-corrected chi connectivity index (χ1v) is 8.82. The molecule has 0 unspecified atom stereocenters. The lowest BCUT2D eigenvalue weighted by Gasteiger charge is -2.21. The van der Waals surface area contributed by atoms with E-state index >= 15 is 0 Å². The van der Waals surface area contributed by atoms with Crippen molar-refractivity contribution in [2.24, 2.45) is 5.92 Å². The van der Waals surface area contributed by atoms with Gasteiger partial charge in [0.15, 0.2) is 0 Å². The van der Waals surface area contributed by atoms with Crippen LogP contribution in [0, 0.1) is 5.92 Å². The average molecular weight is 405 g/mol. The molecular formula is C17H22Cl2N2O5. The third kappa shape index (κ3) is 7.19. The third-order valence-electron chi connectivity index (χ3n) is 3.61. The van der Waals surface area contributed by atoms with Crippen LogP contribution in [-0.4, -0.2) is 46.7 Å². The minimum atomic E-state index is -1.18. The molecule has 0 bridgehead atoms. The maximum absolute atomic E-state index is 12.1. The Kier molecular flexibility index (Phi) is 8.84. The van der Waals surface area contributed by atoms with E-state index in [0.29, 0.717) is 17.0 Å². The van der Waals surface area contributed by atoms with Crippen molar-refractivity contribution in [2.45, 2.75) is 38.8 Å². The minimum absolute atomic E-state index is 0.0320. The van der Waals surface area contributed by atoms with Gasteiger partial charge in [-0.2, -0.15) is 0 Å². The first-order valence-electron chi connectivity index (χ1n) is 8.06.